The second-order valence-electron chi connectivity index (χ2n) is 10.9. The fourth-order valence-electron chi connectivity index (χ4n) is 6.31. The summed E-state index contributed by atoms with van der Waals surface area (Å²) in [6.07, 6.45) is 4.64. The van der Waals surface area contributed by atoms with Crippen LogP contribution in [0.5, 0.6) is 11.8 Å². The van der Waals surface area contributed by atoms with E-state index in [2.05, 4.69) is 22.2 Å². The average Bonchev–Trinajstić information content (AvgIpc) is 3.49. The summed E-state index contributed by atoms with van der Waals surface area (Å²) in [5.74, 6) is 0.992. The third-order valence-electron chi connectivity index (χ3n) is 8.29. The maximum absolute atomic E-state index is 10.5. The highest BCUT2D eigenvalue weighted by molar-refractivity contribution is 6.34. The fraction of sp³-hybridized carbons (Fsp3) is 0.414. The Kier molecular flexibility index (Phi) is 5.98. The minimum atomic E-state index is 0.168. The van der Waals surface area contributed by atoms with Crippen molar-refractivity contribution in [1.82, 2.24) is 25.2 Å². The Morgan fingerprint density at radius 2 is 1.84 bits per heavy atom. The van der Waals surface area contributed by atoms with Gasteiger partial charge in [-0.15, -0.1) is 0 Å². The van der Waals surface area contributed by atoms with Crippen molar-refractivity contribution in [2.24, 2.45) is 0 Å². The van der Waals surface area contributed by atoms with E-state index in [9.17, 15) is 5.11 Å². The monoisotopic (exact) mass is 530 g/mol. The smallest absolute Gasteiger partial charge is 0.320 e. The summed E-state index contributed by atoms with van der Waals surface area (Å²) < 4.78 is 6.22. The maximum atomic E-state index is 10.5. The van der Waals surface area contributed by atoms with Crippen LogP contribution in [0.3, 0.4) is 0 Å². The molecule has 0 amide bonds. The summed E-state index contributed by atoms with van der Waals surface area (Å²) in [6.45, 7) is 3.39. The van der Waals surface area contributed by atoms with E-state index < -0.39 is 0 Å². The SMILES string of the molecule is CN1CCC[C@H]1COc1nc(N2C[C@H]3CC[C@@H](C2)N3)c2cc(Cl)c(-c3cc(O)cc4ccccc34)nc2n1. The molecular formula is C29H31ClN6O2. The van der Waals surface area contributed by atoms with Gasteiger partial charge in [-0.2, -0.15) is 9.97 Å². The predicted molar refractivity (Wildman–Crippen MR) is 150 cm³/mol. The number of benzene rings is 2. The number of aromatic hydroxyl groups is 1. The second kappa shape index (κ2) is 9.52. The molecule has 2 N–H and O–H groups in total. The number of phenols is 1. The molecule has 0 spiro atoms. The first-order chi connectivity index (χ1) is 18.5. The lowest BCUT2D eigenvalue weighted by Gasteiger charge is -2.34. The van der Waals surface area contributed by atoms with Crippen LogP contribution < -0.4 is 15.0 Å². The van der Waals surface area contributed by atoms with Crippen LogP contribution in [0.25, 0.3) is 33.1 Å². The fourth-order valence-corrected chi connectivity index (χ4v) is 6.56. The van der Waals surface area contributed by atoms with Crippen LogP contribution in [0, 0.1) is 0 Å². The number of ether oxygens (including phenoxy) is 1. The van der Waals surface area contributed by atoms with Gasteiger partial charge in [0.1, 0.15) is 18.2 Å². The third kappa shape index (κ3) is 4.30. The zero-order valence-corrected chi connectivity index (χ0v) is 22.2. The Morgan fingerprint density at radius 3 is 2.63 bits per heavy atom. The number of phenolic OH excluding ortho intramolecular Hbond substituents is 1. The molecule has 0 unspecified atom stereocenters. The van der Waals surface area contributed by atoms with Crippen LogP contribution in [-0.2, 0) is 0 Å². The van der Waals surface area contributed by atoms with Gasteiger partial charge in [-0.25, -0.2) is 4.98 Å². The van der Waals surface area contributed by atoms with Crippen LogP contribution in [-0.4, -0.2) is 76.4 Å². The van der Waals surface area contributed by atoms with Crippen molar-refractivity contribution >= 4 is 39.2 Å². The molecule has 3 aliphatic heterocycles. The number of hydrogen-bond acceptors (Lipinski definition) is 8. The minimum Gasteiger partial charge on any atom is -0.508 e. The molecule has 196 valence electrons. The molecule has 9 heteroatoms. The number of nitrogens with one attached hydrogen (secondary N) is 1. The summed E-state index contributed by atoms with van der Waals surface area (Å²) in [7, 11) is 2.14. The zero-order chi connectivity index (χ0) is 25.8. The molecule has 2 bridgehead atoms. The largest absolute Gasteiger partial charge is 0.508 e. The number of likely N-dealkylation sites (N-methyl/N-ethyl adjacent to an activating group) is 1. The first kappa shape index (κ1) is 23.9. The number of likely N-dealkylation sites (tertiary alicyclic amines) is 1. The molecule has 38 heavy (non-hydrogen) atoms. The number of rotatable bonds is 5. The molecule has 0 aliphatic carbocycles. The Hall–Kier alpha value is -3.20. The van der Waals surface area contributed by atoms with Crippen LogP contribution in [0.2, 0.25) is 5.02 Å². The Bertz CT molecular complexity index is 1520. The highest BCUT2D eigenvalue weighted by Crippen LogP contribution is 2.39. The molecule has 2 aromatic heterocycles. The molecule has 3 fully saturated rings. The average molecular weight is 531 g/mol. The third-order valence-corrected chi connectivity index (χ3v) is 8.58. The number of fused-ring (bicyclic) bond motifs is 4. The van der Waals surface area contributed by atoms with E-state index in [1.54, 1.807) is 12.1 Å². The zero-order valence-electron chi connectivity index (χ0n) is 21.4. The highest BCUT2D eigenvalue weighted by Gasteiger charge is 2.34. The maximum Gasteiger partial charge on any atom is 0.320 e. The van der Waals surface area contributed by atoms with Crippen molar-refractivity contribution in [3.63, 3.8) is 0 Å². The van der Waals surface area contributed by atoms with Crippen molar-refractivity contribution < 1.29 is 9.84 Å². The number of pyridine rings is 1. The van der Waals surface area contributed by atoms with E-state index in [4.69, 9.17) is 31.3 Å². The summed E-state index contributed by atoms with van der Waals surface area (Å²) >= 11 is 6.91. The van der Waals surface area contributed by atoms with Gasteiger partial charge in [0.15, 0.2) is 5.65 Å². The lowest BCUT2D eigenvalue weighted by molar-refractivity contribution is 0.188. The van der Waals surface area contributed by atoms with Gasteiger partial charge in [-0.05, 0) is 68.2 Å². The molecule has 8 nitrogen and oxygen atoms in total. The topological polar surface area (TPSA) is 86.6 Å². The number of aromatic nitrogens is 3. The highest BCUT2D eigenvalue weighted by atomic mass is 35.5. The lowest BCUT2D eigenvalue weighted by Crippen LogP contribution is -2.51. The van der Waals surface area contributed by atoms with E-state index >= 15 is 0 Å². The van der Waals surface area contributed by atoms with Crippen LogP contribution >= 0.6 is 11.6 Å². The molecule has 0 saturated carbocycles. The molecular weight excluding hydrogens is 500 g/mol. The van der Waals surface area contributed by atoms with E-state index in [0.29, 0.717) is 47.1 Å². The van der Waals surface area contributed by atoms with Crippen molar-refractivity contribution in [3.8, 4) is 23.0 Å². The van der Waals surface area contributed by atoms with E-state index in [-0.39, 0.29) is 5.75 Å². The van der Waals surface area contributed by atoms with Gasteiger partial charge in [0, 0.05) is 36.8 Å². The number of anilines is 1. The number of halogens is 1. The summed E-state index contributed by atoms with van der Waals surface area (Å²) in [5.41, 5.74) is 1.89. The van der Waals surface area contributed by atoms with Gasteiger partial charge >= 0.3 is 6.01 Å². The van der Waals surface area contributed by atoms with Gasteiger partial charge in [0.05, 0.1) is 16.1 Å². The van der Waals surface area contributed by atoms with Gasteiger partial charge in [-0.1, -0.05) is 35.9 Å². The van der Waals surface area contributed by atoms with Crippen LogP contribution in [0.1, 0.15) is 25.7 Å². The molecule has 0 radical (unpaired) electrons. The molecule has 3 aliphatic rings. The van der Waals surface area contributed by atoms with Gasteiger partial charge in [0.2, 0.25) is 0 Å². The Balaban J connectivity index is 1.35. The Morgan fingerprint density at radius 1 is 1.03 bits per heavy atom. The van der Waals surface area contributed by atoms with Crippen LogP contribution in [0.4, 0.5) is 5.82 Å². The molecule has 4 aromatic rings. The predicted octanol–water partition coefficient (Wildman–Crippen LogP) is 4.62. The van der Waals surface area contributed by atoms with Crippen molar-refractivity contribution in [3.05, 3.63) is 47.5 Å². The summed E-state index contributed by atoms with van der Waals surface area (Å²) in [4.78, 5) is 19.3. The van der Waals surface area contributed by atoms with E-state index in [0.717, 1.165) is 53.6 Å². The number of piperazine rings is 1. The Labute approximate surface area is 226 Å². The first-order valence-corrected chi connectivity index (χ1v) is 13.8. The lowest BCUT2D eigenvalue weighted by atomic mass is 10.0. The van der Waals surface area contributed by atoms with Gasteiger partial charge in [-0.3, -0.25) is 0 Å². The molecule has 3 atom stereocenters. The molecule has 5 heterocycles. The van der Waals surface area contributed by atoms with Gasteiger partial charge < -0.3 is 25.0 Å². The van der Waals surface area contributed by atoms with Crippen molar-refractivity contribution in [1.29, 1.82) is 0 Å². The van der Waals surface area contributed by atoms with E-state index in [1.165, 1.54) is 19.3 Å². The molecule has 3 saturated heterocycles. The standard InChI is InChI=1S/C29H31ClN6O2/c1-35-10-4-6-20(35)16-38-29-33-27-24(28(34-29)36-14-18-8-9-19(15-36)31-18)13-25(30)26(32-27)23-12-21(37)11-17-5-2-3-7-22(17)23/h2-3,5,7,11-13,18-20,31,37H,4,6,8-10,14-16H2,1H3/t18-,19+,20-/m0/s1. The van der Waals surface area contributed by atoms with E-state index in [1.807, 2.05) is 30.3 Å². The summed E-state index contributed by atoms with van der Waals surface area (Å²) in [5, 5.41) is 17.3. The minimum absolute atomic E-state index is 0.168. The molecule has 7 rings (SSSR count). The quantitative estimate of drug-likeness (QED) is 0.386. The van der Waals surface area contributed by atoms with Gasteiger partial charge in [0.25, 0.3) is 0 Å². The number of nitrogens with zero attached hydrogens (tertiary/aromatic N) is 5. The van der Waals surface area contributed by atoms with Crippen molar-refractivity contribution in [2.45, 2.75) is 43.8 Å². The summed E-state index contributed by atoms with van der Waals surface area (Å²) in [6, 6.07) is 14.9. The number of hydrogen-bond donors (Lipinski definition) is 2. The molecule has 2 aromatic carbocycles. The second-order valence-corrected chi connectivity index (χ2v) is 11.3. The normalized spacial score (nSPS) is 23.5. The van der Waals surface area contributed by atoms with Crippen molar-refractivity contribution in [2.75, 3.05) is 38.2 Å². The first-order valence-electron chi connectivity index (χ1n) is 13.5. The van der Waals surface area contributed by atoms with Crippen LogP contribution in [0.15, 0.2) is 42.5 Å².